The van der Waals surface area contributed by atoms with E-state index in [1.165, 1.54) is 17.6 Å². The quantitative estimate of drug-likeness (QED) is 0.397. The van der Waals surface area contributed by atoms with Crippen molar-refractivity contribution in [2.24, 2.45) is 0 Å². The average Bonchev–Trinajstić information content (AvgIpc) is 3.37. The molecule has 2 N–H and O–H groups in total. The number of nitrogens with one attached hydrogen (secondary N) is 2. The van der Waals surface area contributed by atoms with Crippen molar-refractivity contribution in [2.45, 2.75) is 18.0 Å². The highest BCUT2D eigenvalue weighted by atomic mass is 32.2. The summed E-state index contributed by atoms with van der Waals surface area (Å²) in [5, 5.41) is 8.75. The molecule has 0 unspecified atom stereocenters. The Morgan fingerprint density at radius 1 is 1.06 bits per heavy atom. The first kappa shape index (κ1) is 21.8. The van der Waals surface area contributed by atoms with Gasteiger partial charge in [-0.25, -0.2) is 18.1 Å². The van der Waals surface area contributed by atoms with E-state index in [0.29, 0.717) is 17.2 Å². The number of aromatic nitrogens is 3. The zero-order valence-electron chi connectivity index (χ0n) is 16.5. The van der Waals surface area contributed by atoms with Gasteiger partial charge in [0.15, 0.2) is 5.13 Å². The van der Waals surface area contributed by atoms with Crippen LogP contribution in [-0.4, -0.2) is 23.2 Å². The molecule has 4 rings (SSSR count). The monoisotopic (exact) mass is 479 g/mol. The molecule has 0 saturated heterocycles. The predicted molar refractivity (Wildman–Crippen MR) is 116 cm³/mol. The van der Waals surface area contributed by atoms with Crippen LogP contribution >= 0.6 is 11.3 Å². The van der Waals surface area contributed by atoms with Gasteiger partial charge < -0.3 is 5.32 Å². The first-order valence-electron chi connectivity index (χ1n) is 9.16. The minimum atomic E-state index is -4.90. The number of para-hydroxylation sites is 1. The number of thiazole rings is 1. The summed E-state index contributed by atoms with van der Waals surface area (Å²) < 4.78 is 70.2. The molecule has 0 spiro atoms. The van der Waals surface area contributed by atoms with Gasteiger partial charge in [0.2, 0.25) is 0 Å². The van der Waals surface area contributed by atoms with Crippen molar-refractivity contribution in [1.82, 2.24) is 14.8 Å². The van der Waals surface area contributed by atoms with Crippen LogP contribution in [0.4, 0.5) is 29.8 Å². The number of halogens is 3. The molecule has 0 bridgehead atoms. The summed E-state index contributed by atoms with van der Waals surface area (Å²) in [6.07, 6.45) is -3.56. The molecule has 4 aromatic rings. The van der Waals surface area contributed by atoms with E-state index < -0.39 is 26.7 Å². The molecule has 0 atom stereocenters. The van der Waals surface area contributed by atoms with E-state index in [9.17, 15) is 21.6 Å². The summed E-state index contributed by atoms with van der Waals surface area (Å²) >= 11 is 0.960. The van der Waals surface area contributed by atoms with Gasteiger partial charge in [-0.2, -0.15) is 18.3 Å². The number of nitrogens with zero attached hydrogens (tertiary/aromatic N) is 3. The fraction of sp³-hybridized carbons (Fsp3) is 0.100. The van der Waals surface area contributed by atoms with E-state index in [0.717, 1.165) is 23.5 Å². The normalized spacial score (nSPS) is 12.0. The molecule has 32 heavy (non-hydrogen) atoms. The van der Waals surface area contributed by atoms with Crippen molar-refractivity contribution in [2.75, 3.05) is 10.0 Å². The summed E-state index contributed by atoms with van der Waals surface area (Å²) in [5.74, 6) is 0.429. The van der Waals surface area contributed by atoms with Crippen LogP contribution < -0.4 is 10.0 Å². The third kappa shape index (κ3) is 4.60. The number of alkyl halides is 3. The van der Waals surface area contributed by atoms with Gasteiger partial charge >= 0.3 is 6.18 Å². The Hall–Kier alpha value is -3.38. The summed E-state index contributed by atoms with van der Waals surface area (Å²) in [7, 11) is -4.50. The van der Waals surface area contributed by atoms with Crippen LogP contribution in [-0.2, 0) is 16.2 Å². The van der Waals surface area contributed by atoms with Gasteiger partial charge in [0.1, 0.15) is 5.82 Å². The maximum atomic E-state index is 13.8. The fourth-order valence-electron chi connectivity index (χ4n) is 3.01. The van der Waals surface area contributed by atoms with Gasteiger partial charge in [-0.3, -0.25) is 4.72 Å². The van der Waals surface area contributed by atoms with E-state index in [1.807, 2.05) is 18.2 Å². The van der Waals surface area contributed by atoms with Crippen LogP contribution in [0.1, 0.15) is 11.3 Å². The number of rotatable bonds is 6. The van der Waals surface area contributed by atoms with Gasteiger partial charge in [-0.1, -0.05) is 18.2 Å². The van der Waals surface area contributed by atoms with Gasteiger partial charge in [-0.05, 0) is 37.3 Å². The SMILES string of the molecule is Cc1cc(Nc2ccc(S(=O)(=O)Nc3nccs3)c(C(F)(F)F)c2)n(-c2ccccc2)n1. The van der Waals surface area contributed by atoms with Crippen molar-refractivity contribution in [3.8, 4) is 5.69 Å². The molecule has 0 aliphatic heterocycles. The minimum Gasteiger partial charge on any atom is -0.340 e. The van der Waals surface area contributed by atoms with Crippen molar-refractivity contribution in [3.05, 3.63) is 77.4 Å². The lowest BCUT2D eigenvalue weighted by atomic mass is 10.2. The van der Waals surface area contributed by atoms with Crippen molar-refractivity contribution >= 4 is 38.0 Å². The summed E-state index contributed by atoms with van der Waals surface area (Å²) in [6, 6.07) is 13.7. The summed E-state index contributed by atoms with van der Waals surface area (Å²) in [5.41, 5.74) is 0.127. The van der Waals surface area contributed by atoms with Crippen LogP contribution in [0.25, 0.3) is 5.69 Å². The number of benzene rings is 2. The van der Waals surface area contributed by atoms with E-state index in [1.54, 1.807) is 29.8 Å². The Bertz CT molecular complexity index is 1340. The van der Waals surface area contributed by atoms with Crippen molar-refractivity contribution < 1.29 is 21.6 Å². The van der Waals surface area contributed by atoms with Gasteiger partial charge in [0.05, 0.1) is 21.8 Å². The van der Waals surface area contributed by atoms with E-state index in [-0.39, 0.29) is 10.8 Å². The van der Waals surface area contributed by atoms with E-state index >= 15 is 0 Å². The molecule has 0 radical (unpaired) electrons. The highest BCUT2D eigenvalue weighted by molar-refractivity contribution is 7.93. The highest BCUT2D eigenvalue weighted by Crippen LogP contribution is 2.37. The van der Waals surface area contributed by atoms with E-state index in [2.05, 4.69) is 20.1 Å². The molecule has 2 aromatic heterocycles. The lowest BCUT2D eigenvalue weighted by Gasteiger charge is -2.16. The van der Waals surface area contributed by atoms with Crippen LogP contribution in [0.3, 0.4) is 0 Å². The lowest BCUT2D eigenvalue weighted by molar-refractivity contribution is -0.139. The third-order valence-corrected chi connectivity index (χ3v) is 6.55. The number of anilines is 3. The molecule has 0 fully saturated rings. The van der Waals surface area contributed by atoms with Crippen LogP contribution in [0, 0.1) is 6.92 Å². The second-order valence-corrected chi connectivity index (χ2v) is 9.24. The molecular weight excluding hydrogens is 463 g/mol. The number of hydrogen-bond acceptors (Lipinski definition) is 6. The average molecular weight is 480 g/mol. The summed E-state index contributed by atoms with van der Waals surface area (Å²) in [4.78, 5) is 2.87. The van der Waals surface area contributed by atoms with Gasteiger partial charge in [0.25, 0.3) is 10.0 Å². The largest absolute Gasteiger partial charge is 0.417 e. The van der Waals surface area contributed by atoms with E-state index in [4.69, 9.17) is 0 Å². The maximum absolute atomic E-state index is 13.8. The fourth-order valence-corrected chi connectivity index (χ4v) is 5.01. The lowest BCUT2D eigenvalue weighted by Crippen LogP contribution is -2.19. The Morgan fingerprint density at radius 3 is 2.47 bits per heavy atom. The van der Waals surface area contributed by atoms with Gasteiger partial charge in [0, 0.05) is 23.3 Å². The highest BCUT2D eigenvalue weighted by Gasteiger charge is 2.38. The molecule has 0 aliphatic rings. The zero-order chi connectivity index (χ0) is 22.9. The molecule has 7 nitrogen and oxygen atoms in total. The Kier molecular flexibility index (Phi) is 5.65. The zero-order valence-corrected chi connectivity index (χ0v) is 18.1. The molecule has 0 saturated carbocycles. The molecule has 0 aliphatic carbocycles. The summed E-state index contributed by atoms with van der Waals surface area (Å²) in [6.45, 7) is 1.76. The molecule has 0 amide bonds. The van der Waals surface area contributed by atoms with Crippen LogP contribution in [0.5, 0.6) is 0 Å². The molecule has 2 heterocycles. The Morgan fingerprint density at radius 2 is 1.81 bits per heavy atom. The minimum absolute atomic E-state index is 0.0254. The first-order chi connectivity index (χ1) is 15.1. The molecule has 12 heteroatoms. The number of hydrogen-bond donors (Lipinski definition) is 2. The van der Waals surface area contributed by atoms with Crippen molar-refractivity contribution in [1.29, 1.82) is 0 Å². The van der Waals surface area contributed by atoms with Crippen LogP contribution in [0.15, 0.2) is 71.1 Å². The predicted octanol–water partition coefficient (Wildman–Crippen LogP) is 5.20. The number of sulfonamides is 1. The second kappa shape index (κ2) is 8.28. The molecule has 166 valence electrons. The standard InChI is InChI=1S/C20H16F3N5O2S2/c1-13-11-18(28(26-13)15-5-3-2-4-6-15)25-14-7-8-17(16(12-14)20(21,22)23)32(29,30)27-19-24-9-10-31-19/h2-12,25H,1H3,(H,24,27). The van der Waals surface area contributed by atoms with Gasteiger partial charge in [-0.15, -0.1) is 11.3 Å². The smallest absolute Gasteiger partial charge is 0.340 e. The van der Waals surface area contributed by atoms with Crippen LogP contribution in [0.2, 0.25) is 0 Å². The van der Waals surface area contributed by atoms with Crippen molar-refractivity contribution in [3.63, 3.8) is 0 Å². The molecular formula is C20H16F3N5O2S2. The Labute approximate surface area is 185 Å². The Balaban J connectivity index is 1.72. The first-order valence-corrected chi connectivity index (χ1v) is 11.5. The number of aryl methyl sites for hydroxylation is 1. The second-order valence-electron chi connectivity index (χ2n) is 6.69. The molecule has 2 aromatic carbocycles. The topological polar surface area (TPSA) is 88.9 Å². The third-order valence-electron chi connectivity index (χ3n) is 4.33. The maximum Gasteiger partial charge on any atom is 0.417 e.